The van der Waals surface area contributed by atoms with Gasteiger partial charge in [-0.15, -0.1) is 11.3 Å². The smallest absolute Gasteiger partial charge is 0.262 e. The molecule has 0 unspecified atom stereocenters. The molecule has 146 valence electrons. The highest BCUT2D eigenvalue weighted by Crippen LogP contribution is 2.37. The number of benzene rings is 2. The third-order valence-electron chi connectivity index (χ3n) is 4.71. The van der Waals surface area contributed by atoms with E-state index in [0.29, 0.717) is 5.88 Å². The maximum absolute atomic E-state index is 12.4. The Bertz CT molecular complexity index is 1150. The number of hydrogen-bond donors (Lipinski definition) is 1. The summed E-state index contributed by atoms with van der Waals surface area (Å²) in [6, 6.07) is 16.1. The molecule has 4 aromatic rings. The molecule has 29 heavy (non-hydrogen) atoms. The lowest BCUT2D eigenvalue weighted by Crippen LogP contribution is -2.21. The number of ether oxygens (including phenoxy) is 1. The lowest BCUT2D eigenvalue weighted by Gasteiger charge is -2.11. The van der Waals surface area contributed by atoms with Gasteiger partial charge in [-0.3, -0.25) is 4.79 Å². The number of fused-ring (bicyclic) bond motifs is 1. The molecule has 4 rings (SSSR count). The molecule has 0 atom stereocenters. The first-order chi connectivity index (χ1) is 14.2. The lowest BCUT2D eigenvalue weighted by molar-refractivity contribution is -0.118. The van der Waals surface area contributed by atoms with Crippen LogP contribution in [0.5, 0.6) is 5.88 Å². The zero-order chi connectivity index (χ0) is 20.2. The van der Waals surface area contributed by atoms with Crippen molar-refractivity contribution in [1.82, 2.24) is 9.97 Å². The number of hydrogen-bond acceptors (Lipinski definition) is 5. The first-order valence-electron chi connectivity index (χ1n) is 9.45. The minimum absolute atomic E-state index is 0.118. The van der Waals surface area contributed by atoms with Crippen molar-refractivity contribution >= 4 is 33.1 Å². The minimum Gasteiger partial charge on any atom is -0.467 e. The summed E-state index contributed by atoms with van der Waals surface area (Å²) >= 11 is 1.54. The number of anilines is 1. The van der Waals surface area contributed by atoms with Crippen molar-refractivity contribution in [3.05, 3.63) is 71.4 Å². The molecule has 0 aliphatic carbocycles. The van der Waals surface area contributed by atoms with Crippen LogP contribution in [0.3, 0.4) is 0 Å². The van der Waals surface area contributed by atoms with Gasteiger partial charge in [0.25, 0.3) is 5.91 Å². The van der Waals surface area contributed by atoms with Gasteiger partial charge < -0.3 is 10.1 Å². The molecular weight excluding hydrogens is 382 g/mol. The maximum Gasteiger partial charge on any atom is 0.262 e. The molecule has 0 aliphatic rings. The molecule has 2 heterocycles. The zero-order valence-electron chi connectivity index (χ0n) is 16.3. The van der Waals surface area contributed by atoms with E-state index < -0.39 is 0 Å². The molecule has 6 heteroatoms. The third kappa shape index (κ3) is 4.12. The summed E-state index contributed by atoms with van der Waals surface area (Å²) in [5, 5.41) is 5.81. The molecule has 2 aromatic carbocycles. The molecule has 0 fully saturated rings. The standard InChI is InChI=1S/C23H21N3O2S/c1-3-16-6-4-5-7-19(16)26-20(27)12-28-22-21-18(13-29-23(21)25-14-24-22)17-10-8-15(2)9-11-17/h4-11,13-14H,3,12H2,1-2H3,(H,26,27). The molecule has 5 nitrogen and oxygen atoms in total. The Kier molecular flexibility index (Phi) is 5.53. The average Bonchev–Trinajstić information content (AvgIpc) is 3.18. The molecule has 0 spiro atoms. The van der Waals surface area contributed by atoms with Gasteiger partial charge in [-0.25, -0.2) is 9.97 Å². The Morgan fingerprint density at radius 2 is 1.90 bits per heavy atom. The number of aromatic nitrogens is 2. The van der Waals surface area contributed by atoms with Gasteiger partial charge in [0.1, 0.15) is 11.2 Å². The van der Waals surface area contributed by atoms with E-state index in [9.17, 15) is 4.79 Å². The van der Waals surface area contributed by atoms with Gasteiger partial charge in [-0.05, 0) is 30.5 Å². The topological polar surface area (TPSA) is 64.1 Å². The molecule has 0 bridgehead atoms. The highest BCUT2D eigenvalue weighted by Gasteiger charge is 2.15. The summed E-state index contributed by atoms with van der Waals surface area (Å²) in [6.45, 7) is 4.00. The van der Waals surface area contributed by atoms with E-state index in [0.717, 1.165) is 39.0 Å². The number of amides is 1. The van der Waals surface area contributed by atoms with Crippen molar-refractivity contribution in [2.75, 3.05) is 11.9 Å². The van der Waals surface area contributed by atoms with Crippen molar-refractivity contribution in [3.63, 3.8) is 0 Å². The highest BCUT2D eigenvalue weighted by atomic mass is 32.1. The first-order valence-corrected chi connectivity index (χ1v) is 10.3. The number of thiophene rings is 1. The van der Waals surface area contributed by atoms with Gasteiger partial charge in [-0.2, -0.15) is 0 Å². The normalized spacial score (nSPS) is 10.8. The van der Waals surface area contributed by atoms with Crippen LogP contribution in [0.15, 0.2) is 60.2 Å². The van der Waals surface area contributed by atoms with Crippen molar-refractivity contribution in [2.24, 2.45) is 0 Å². The molecular formula is C23H21N3O2S. The number of carbonyl (C=O) groups is 1. The van der Waals surface area contributed by atoms with Crippen LogP contribution in [-0.2, 0) is 11.2 Å². The van der Waals surface area contributed by atoms with Crippen LogP contribution in [0, 0.1) is 6.92 Å². The molecule has 0 radical (unpaired) electrons. The fraction of sp³-hybridized carbons (Fsp3) is 0.174. The molecule has 0 aliphatic heterocycles. The number of carbonyl (C=O) groups excluding carboxylic acids is 1. The van der Waals surface area contributed by atoms with E-state index >= 15 is 0 Å². The Balaban J connectivity index is 1.56. The van der Waals surface area contributed by atoms with Crippen LogP contribution in [0.25, 0.3) is 21.3 Å². The number of nitrogens with one attached hydrogen (secondary N) is 1. The second-order valence-corrected chi connectivity index (χ2v) is 7.58. The number of rotatable bonds is 6. The van der Waals surface area contributed by atoms with Crippen LogP contribution in [0.2, 0.25) is 0 Å². The summed E-state index contributed by atoms with van der Waals surface area (Å²) < 4.78 is 5.81. The van der Waals surface area contributed by atoms with Crippen LogP contribution >= 0.6 is 11.3 Å². The Labute approximate surface area is 173 Å². The van der Waals surface area contributed by atoms with Crippen LogP contribution in [-0.4, -0.2) is 22.5 Å². The maximum atomic E-state index is 12.4. The second kappa shape index (κ2) is 8.41. The van der Waals surface area contributed by atoms with Gasteiger partial charge in [-0.1, -0.05) is 55.0 Å². The first kappa shape index (κ1) is 19.1. The SMILES string of the molecule is CCc1ccccc1NC(=O)COc1ncnc2scc(-c3ccc(C)cc3)c12. The fourth-order valence-electron chi connectivity index (χ4n) is 3.17. The van der Waals surface area contributed by atoms with Gasteiger partial charge >= 0.3 is 0 Å². The van der Waals surface area contributed by atoms with Crippen LogP contribution < -0.4 is 10.1 Å². The molecule has 2 aromatic heterocycles. The summed E-state index contributed by atoms with van der Waals surface area (Å²) in [6.07, 6.45) is 2.32. The second-order valence-electron chi connectivity index (χ2n) is 6.72. The van der Waals surface area contributed by atoms with E-state index in [1.807, 2.05) is 24.3 Å². The van der Waals surface area contributed by atoms with Crippen LogP contribution in [0.1, 0.15) is 18.1 Å². The van der Waals surface area contributed by atoms with E-state index in [1.165, 1.54) is 23.2 Å². The third-order valence-corrected chi connectivity index (χ3v) is 5.60. The van der Waals surface area contributed by atoms with E-state index in [1.54, 1.807) is 0 Å². The number of aryl methyl sites for hydroxylation is 2. The van der Waals surface area contributed by atoms with Crippen molar-refractivity contribution in [2.45, 2.75) is 20.3 Å². The summed E-state index contributed by atoms with van der Waals surface area (Å²) in [5.74, 6) is 0.204. The largest absolute Gasteiger partial charge is 0.467 e. The molecule has 1 N–H and O–H groups in total. The molecule has 1 amide bonds. The van der Waals surface area contributed by atoms with Crippen molar-refractivity contribution < 1.29 is 9.53 Å². The predicted molar refractivity (Wildman–Crippen MR) is 118 cm³/mol. The summed E-state index contributed by atoms with van der Waals surface area (Å²) in [4.78, 5) is 21.9. The van der Waals surface area contributed by atoms with E-state index in [4.69, 9.17) is 4.74 Å². The van der Waals surface area contributed by atoms with E-state index in [-0.39, 0.29) is 12.5 Å². The number of para-hydroxylation sites is 1. The fourth-order valence-corrected chi connectivity index (χ4v) is 4.08. The lowest BCUT2D eigenvalue weighted by atomic mass is 10.0. The quantitative estimate of drug-likeness (QED) is 0.478. The van der Waals surface area contributed by atoms with Gasteiger partial charge in [0.2, 0.25) is 5.88 Å². The monoisotopic (exact) mass is 403 g/mol. The van der Waals surface area contributed by atoms with Gasteiger partial charge in [0.15, 0.2) is 6.61 Å². The average molecular weight is 404 g/mol. The Hall–Kier alpha value is -3.25. The van der Waals surface area contributed by atoms with E-state index in [2.05, 4.69) is 58.8 Å². The van der Waals surface area contributed by atoms with Crippen molar-refractivity contribution in [3.8, 4) is 17.0 Å². The van der Waals surface area contributed by atoms with Crippen molar-refractivity contribution in [1.29, 1.82) is 0 Å². The van der Waals surface area contributed by atoms with Crippen LogP contribution in [0.4, 0.5) is 5.69 Å². The minimum atomic E-state index is -0.218. The Morgan fingerprint density at radius 1 is 1.10 bits per heavy atom. The summed E-state index contributed by atoms with van der Waals surface area (Å²) in [5.41, 5.74) is 5.18. The molecule has 0 saturated carbocycles. The van der Waals surface area contributed by atoms with Gasteiger partial charge in [0, 0.05) is 16.6 Å². The number of nitrogens with zero attached hydrogens (tertiary/aromatic N) is 2. The predicted octanol–water partition coefficient (Wildman–Crippen LogP) is 5.25. The molecule has 0 saturated heterocycles. The highest BCUT2D eigenvalue weighted by molar-refractivity contribution is 7.17. The zero-order valence-corrected chi connectivity index (χ0v) is 17.1. The Morgan fingerprint density at radius 3 is 2.69 bits per heavy atom. The van der Waals surface area contributed by atoms with Gasteiger partial charge in [0.05, 0.1) is 5.39 Å². The summed E-state index contributed by atoms with van der Waals surface area (Å²) in [7, 11) is 0.